The second-order valence-electron chi connectivity index (χ2n) is 10.6. The lowest BCUT2D eigenvalue weighted by Crippen LogP contribution is -2.46. The Morgan fingerprint density at radius 3 is 2.62 bits per heavy atom. The van der Waals surface area contributed by atoms with Gasteiger partial charge < -0.3 is 15.4 Å². The van der Waals surface area contributed by atoms with Crippen LogP contribution in [0.2, 0.25) is 0 Å². The van der Waals surface area contributed by atoms with Crippen molar-refractivity contribution in [3.05, 3.63) is 40.8 Å². The molecule has 0 bridgehead atoms. The average molecular weight is 473 g/mol. The van der Waals surface area contributed by atoms with Crippen molar-refractivity contribution in [1.29, 1.82) is 0 Å². The molecule has 1 aromatic rings. The Balaban J connectivity index is 1.12. The van der Waals surface area contributed by atoms with Crippen molar-refractivity contribution >= 4 is 5.91 Å². The number of hydrogen-bond acceptors (Lipinski definition) is 5. The average Bonchev–Trinajstić information content (AvgIpc) is 3.59. The molecular formula is C27H41FN4O2. The Hall–Kier alpha value is -1.96. The van der Waals surface area contributed by atoms with Gasteiger partial charge in [0.05, 0.1) is 12.1 Å². The number of carbonyl (C=O) groups is 1. The summed E-state index contributed by atoms with van der Waals surface area (Å²) in [6, 6.07) is 5.44. The van der Waals surface area contributed by atoms with Crippen LogP contribution in [0.5, 0.6) is 5.75 Å². The van der Waals surface area contributed by atoms with Gasteiger partial charge in [-0.1, -0.05) is 12.5 Å². The van der Waals surface area contributed by atoms with Crippen LogP contribution in [0.3, 0.4) is 0 Å². The van der Waals surface area contributed by atoms with Crippen molar-refractivity contribution in [2.45, 2.75) is 89.6 Å². The van der Waals surface area contributed by atoms with Crippen LogP contribution in [0.1, 0.15) is 83.6 Å². The van der Waals surface area contributed by atoms with E-state index in [1.807, 2.05) is 12.1 Å². The molecule has 2 aliphatic carbocycles. The van der Waals surface area contributed by atoms with Gasteiger partial charge in [0.15, 0.2) is 11.6 Å². The second-order valence-corrected chi connectivity index (χ2v) is 10.6. The Labute approximate surface area is 203 Å². The maximum atomic E-state index is 14.1. The molecule has 0 aromatic heterocycles. The van der Waals surface area contributed by atoms with Gasteiger partial charge in [-0.25, -0.2) is 9.82 Å². The van der Waals surface area contributed by atoms with Crippen molar-refractivity contribution in [3.63, 3.8) is 0 Å². The number of piperidine rings is 1. The first-order valence-corrected chi connectivity index (χ1v) is 13.1. The summed E-state index contributed by atoms with van der Waals surface area (Å²) in [5, 5.41) is 6.77. The predicted molar refractivity (Wildman–Crippen MR) is 133 cm³/mol. The summed E-state index contributed by atoms with van der Waals surface area (Å²) in [5.74, 6) is 0.807. The molecule has 1 heterocycles. The highest BCUT2D eigenvalue weighted by molar-refractivity contribution is 5.79. The summed E-state index contributed by atoms with van der Waals surface area (Å²) in [4.78, 5) is 11.8. The van der Waals surface area contributed by atoms with E-state index < -0.39 is 0 Å². The lowest BCUT2D eigenvalue weighted by molar-refractivity contribution is -0.121. The van der Waals surface area contributed by atoms with E-state index in [1.54, 1.807) is 0 Å². The molecule has 4 N–H and O–H groups in total. The van der Waals surface area contributed by atoms with Crippen LogP contribution in [0, 0.1) is 11.7 Å². The van der Waals surface area contributed by atoms with Gasteiger partial charge >= 0.3 is 0 Å². The molecule has 34 heavy (non-hydrogen) atoms. The molecule has 4 rings (SSSR count). The number of hydrazine groups is 1. The number of nitrogens with one attached hydrogen (secondary N) is 4. The fraction of sp³-hybridized carbons (Fsp3) is 0.667. The molecule has 1 saturated heterocycles. The van der Waals surface area contributed by atoms with Crippen LogP contribution < -0.4 is 26.2 Å². The van der Waals surface area contributed by atoms with Gasteiger partial charge in [-0.3, -0.25) is 10.2 Å². The maximum Gasteiger partial charge on any atom is 0.224 e. The molecule has 6 nitrogen and oxygen atoms in total. The van der Waals surface area contributed by atoms with Gasteiger partial charge in [-0.15, -0.1) is 0 Å². The van der Waals surface area contributed by atoms with Gasteiger partial charge in [-0.2, -0.15) is 0 Å². The van der Waals surface area contributed by atoms with Gasteiger partial charge in [-0.05, 0) is 101 Å². The van der Waals surface area contributed by atoms with Crippen molar-refractivity contribution < 1.29 is 13.9 Å². The number of amides is 1. The van der Waals surface area contributed by atoms with Gasteiger partial charge in [0.25, 0.3) is 0 Å². The standard InChI is InChI=1S/C27H41FN4O2/c1-27(2,21-11-12-22(28)24(17-21)34-18-19-9-10-19)32-30-16-5-3-4-15-29-23-13-14-25(33)31-26(23)20-7-6-8-20/h11-12,17,19,23,29-30,32H,3-10,13-16,18H2,1-2H3,(H,31,33). The van der Waals surface area contributed by atoms with Crippen LogP contribution >= 0.6 is 0 Å². The summed E-state index contributed by atoms with van der Waals surface area (Å²) in [5.41, 5.74) is 9.98. The van der Waals surface area contributed by atoms with Gasteiger partial charge in [0.2, 0.25) is 5.91 Å². The third-order valence-electron chi connectivity index (χ3n) is 7.22. The van der Waals surface area contributed by atoms with Crippen LogP contribution in [0.25, 0.3) is 0 Å². The SMILES string of the molecule is CC(C)(NNCCCCCNC1CCC(=O)NC1=C1CCC1)c1ccc(F)c(OCC2CC2)c1. The highest BCUT2D eigenvalue weighted by Gasteiger charge is 2.28. The molecule has 1 aromatic carbocycles. The summed E-state index contributed by atoms with van der Waals surface area (Å²) in [7, 11) is 0. The van der Waals surface area contributed by atoms with E-state index in [0.29, 0.717) is 30.7 Å². The van der Waals surface area contributed by atoms with Crippen molar-refractivity contribution in [3.8, 4) is 5.75 Å². The number of benzene rings is 1. The van der Waals surface area contributed by atoms with Gasteiger partial charge in [0, 0.05) is 24.7 Å². The highest BCUT2D eigenvalue weighted by Crippen LogP contribution is 2.32. The van der Waals surface area contributed by atoms with E-state index in [9.17, 15) is 9.18 Å². The Kier molecular flexibility index (Phi) is 8.61. The minimum atomic E-state index is -0.343. The van der Waals surface area contributed by atoms with E-state index >= 15 is 0 Å². The first-order valence-electron chi connectivity index (χ1n) is 13.1. The normalized spacial score (nSPS) is 20.8. The molecule has 1 aliphatic heterocycles. The van der Waals surface area contributed by atoms with E-state index in [-0.39, 0.29) is 17.3 Å². The number of unbranched alkanes of at least 4 members (excludes halogenated alkanes) is 2. The number of rotatable bonds is 13. The maximum absolute atomic E-state index is 14.1. The van der Waals surface area contributed by atoms with E-state index in [2.05, 4.69) is 35.3 Å². The Bertz CT molecular complexity index is 875. The molecule has 1 atom stereocenters. The monoisotopic (exact) mass is 472 g/mol. The minimum Gasteiger partial charge on any atom is -0.490 e. The zero-order chi connectivity index (χ0) is 24.0. The van der Waals surface area contributed by atoms with E-state index in [1.165, 1.54) is 30.9 Å². The quantitative estimate of drug-likeness (QED) is 0.253. The lowest BCUT2D eigenvalue weighted by atomic mass is 9.86. The molecule has 2 saturated carbocycles. The number of hydrogen-bond donors (Lipinski definition) is 4. The Morgan fingerprint density at radius 1 is 1.09 bits per heavy atom. The summed E-state index contributed by atoms with van der Waals surface area (Å²) in [6.07, 6.45) is 10.7. The highest BCUT2D eigenvalue weighted by atomic mass is 19.1. The van der Waals surface area contributed by atoms with Crippen molar-refractivity contribution in [1.82, 2.24) is 21.5 Å². The van der Waals surface area contributed by atoms with Crippen molar-refractivity contribution in [2.75, 3.05) is 19.7 Å². The molecule has 1 unspecified atom stereocenters. The minimum absolute atomic E-state index is 0.164. The van der Waals surface area contributed by atoms with E-state index in [0.717, 1.165) is 62.9 Å². The van der Waals surface area contributed by atoms with Crippen LogP contribution in [-0.4, -0.2) is 31.6 Å². The molecule has 7 heteroatoms. The molecule has 3 fully saturated rings. The first kappa shape index (κ1) is 25.1. The van der Waals surface area contributed by atoms with Crippen molar-refractivity contribution in [2.24, 2.45) is 5.92 Å². The summed E-state index contributed by atoms with van der Waals surface area (Å²) in [6.45, 7) is 6.60. The van der Waals surface area contributed by atoms with Crippen LogP contribution in [0.4, 0.5) is 4.39 Å². The number of ether oxygens (including phenoxy) is 1. The van der Waals surface area contributed by atoms with Gasteiger partial charge in [0.1, 0.15) is 0 Å². The summed E-state index contributed by atoms with van der Waals surface area (Å²) >= 11 is 0. The largest absolute Gasteiger partial charge is 0.490 e. The third kappa shape index (κ3) is 7.03. The molecule has 3 aliphatic rings. The zero-order valence-corrected chi connectivity index (χ0v) is 20.8. The predicted octanol–water partition coefficient (Wildman–Crippen LogP) is 4.42. The number of halogens is 1. The topological polar surface area (TPSA) is 74.4 Å². The molecular weight excluding hydrogens is 431 g/mol. The first-order chi connectivity index (χ1) is 16.4. The third-order valence-corrected chi connectivity index (χ3v) is 7.22. The molecule has 188 valence electrons. The Morgan fingerprint density at radius 2 is 1.88 bits per heavy atom. The van der Waals surface area contributed by atoms with Crippen LogP contribution in [0.15, 0.2) is 29.5 Å². The fourth-order valence-corrected chi connectivity index (χ4v) is 4.52. The number of carbonyl (C=O) groups excluding carboxylic acids is 1. The number of allylic oxidation sites excluding steroid dienone is 1. The summed E-state index contributed by atoms with van der Waals surface area (Å²) < 4.78 is 19.8. The smallest absolute Gasteiger partial charge is 0.224 e. The molecule has 0 radical (unpaired) electrons. The molecule has 0 spiro atoms. The zero-order valence-electron chi connectivity index (χ0n) is 20.8. The fourth-order valence-electron chi connectivity index (χ4n) is 4.52. The second kappa shape index (κ2) is 11.6. The molecule has 1 amide bonds. The lowest BCUT2D eigenvalue weighted by Gasteiger charge is -2.32. The van der Waals surface area contributed by atoms with E-state index in [4.69, 9.17) is 4.74 Å². The van der Waals surface area contributed by atoms with Crippen LogP contribution in [-0.2, 0) is 10.3 Å².